The third-order valence-electron chi connectivity index (χ3n) is 1.93. The van der Waals surface area contributed by atoms with Crippen LogP contribution in [0.25, 0.3) is 0 Å². The quantitative estimate of drug-likeness (QED) is 0.857. The maximum atomic E-state index is 5.46. The zero-order chi connectivity index (χ0) is 12.8. The Bertz CT molecular complexity index is 506. The van der Waals surface area contributed by atoms with Crippen LogP contribution in [0.4, 0.5) is 5.95 Å². The lowest BCUT2D eigenvalue weighted by Gasteiger charge is -2.07. The van der Waals surface area contributed by atoms with E-state index in [1.165, 1.54) is 0 Å². The number of rotatable bonds is 5. The molecular formula is C11H13N5O2. The van der Waals surface area contributed by atoms with Crippen molar-refractivity contribution in [2.45, 2.75) is 6.92 Å². The Hall–Kier alpha value is -2.44. The van der Waals surface area contributed by atoms with Crippen LogP contribution in [0.1, 0.15) is 6.92 Å². The predicted molar refractivity (Wildman–Crippen MR) is 64.9 cm³/mol. The van der Waals surface area contributed by atoms with E-state index in [2.05, 4.69) is 25.3 Å². The summed E-state index contributed by atoms with van der Waals surface area (Å²) in [5.41, 5.74) is 0. The van der Waals surface area contributed by atoms with Gasteiger partial charge in [0.1, 0.15) is 5.75 Å². The molecule has 2 aromatic rings. The average Bonchev–Trinajstić information content (AvgIpc) is 2.40. The number of pyridine rings is 1. The minimum atomic E-state index is 0.158. The van der Waals surface area contributed by atoms with Gasteiger partial charge in [0.25, 0.3) is 0 Å². The first kappa shape index (κ1) is 12.0. The van der Waals surface area contributed by atoms with E-state index in [9.17, 15) is 0 Å². The van der Waals surface area contributed by atoms with E-state index in [1.807, 2.05) is 6.92 Å². The second kappa shape index (κ2) is 5.76. The molecule has 0 radical (unpaired) electrons. The Balaban J connectivity index is 2.24. The Kier molecular flexibility index (Phi) is 3.85. The van der Waals surface area contributed by atoms with Gasteiger partial charge in [-0.05, 0) is 19.1 Å². The van der Waals surface area contributed by atoms with Gasteiger partial charge in [0.2, 0.25) is 5.95 Å². The van der Waals surface area contributed by atoms with Crippen LogP contribution >= 0.6 is 0 Å². The SMILES string of the molecule is CCOc1nc(NC)nc(Oc2cccnc2)n1. The highest BCUT2D eigenvalue weighted by Crippen LogP contribution is 2.19. The molecule has 7 nitrogen and oxygen atoms in total. The van der Waals surface area contributed by atoms with Crippen molar-refractivity contribution >= 4 is 5.95 Å². The lowest BCUT2D eigenvalue weighted by atomic mass is 10.5. The number of hydrogen-bond donors (Lipinski definition) is 1. The first-order valence-corrected chi connectivity index (χ1v) is 5.46. The van der Waals surface area contributed by atoms with Gasteiger partial charge in [-0.25, -0.2) is 0 Å². The Morgan fingerprint density at radius 2 is 2.06 bits per heavy atom. The van der Waals surface area contributed by atoms with Crippen molar-refractivity contribution in [3.8, 4) is 17.8 Å². The molecule has 0 fully saturated rings. The number of nitrogens with one attached hydrogen (secondary N) is 1. The minimum Gasteiger partial charge on any atom is -0.464 e. The molecule has 0 unspecified atom stereocenters. The fourth-order valence-electron chi connectivity index (χ4n) is 1.20. The molecule has 0 aromatic carbocycles. The number of anilines is 1. The van der Waals surface area contributed by atoms with Crippen molar-refractivity contribution < 1.29 is 9.47 Å². The number of aromatic nitrogens is 4. The molecule has 0 saturated heterocycles. The Labute approximate surface area is 104 Å². The van der Waals surface area contributed by atoms with Gasteiger partial charge < -0.3 is 14.8 Å². The van der Waals surface area contributed by atoms with Crippen LogP contribution in [0.15, 0.2) is 24.5 Å². The molecule has 2 heterocycles. The fourth-order valence-corrected chi connectivity index (χ4v) is 1.20. The molecule has 0 aliphatic rings. The van der Waals surface area contributed by atoms with Crippen molar-refractivity contribution in [1.29, 1.82) is 0 Å². The van der Waals surface area contributed by atoms with Crippen LogP contribution in [0.3, 0.4) is 0 Å². The lowest BCUT2D eigenvalue weighted by Crippen LogP contribution is -2.05. The van der Waals surface area contributed by atoms with Gasteiger partial charge in [-0.15, -0.1) is 4.98 Å². The molecule has 94 valence electrons. The van der Waals surface area contributed by atoms with Gasteiger partial charge in [0.05, 0.1) is 12.8 Å². The van der Waals surface area contributed by atoms with E-state index in [1.54, 1.807) is 31.6 Å². The molecule has 0 amide bonds. The summed E-state index contributed by atoms with van der Waals surface area (Å²) in [6.07, 6.45) is 3.23. The first-order chi connectivity index (χ1) is 8.81. The van der Waals surface area contributed by atoms with Crippen molar-refractivity contribution in [2.24, 2.45) is 0 Å². The summed E-state index contributed by atoms with van der Waals surface area (Å²) in [5.74, 6) is 0.931. The van der Waals surface area contributed by atoms with E-state index in [0.717, 1.165) is 0 Å². The standard InChI is InChI=1S/C11H13N5O2/c1-3-17-10-14-9(12-2)15-11(16-10)18-8-5-4-6-13-7-8/h4-7H,3H2,1-2H3,(H,12,14,15,16). The number of hydrogen-bond acceptors (Lipinski definition) is 7. The summed E-state index contributed by atoms with van der Waals surface area (Å²) < 4.78 is 10.7. The van der Waals surface area contributed by atoms with Crippen LogP contribution in [0.5, 0.6) is 17.8 Å². The third-order valence-corrected chi connectivity index (χ3v) is 1.93. The molecule has 18 heavy (non-hydrogen) atoms. The van der Waals surface area contributed by atoms with Crippen LogP contribution in [0.2, 0.25) is 0 Å². The van der Waals surface area contributed by atoms with E-state index in [0.29, 0.717) is 18.3 Å². The highest BCUT2D eigenvalue weighted by Gasteiger charge is 2.08. The molecule has 0 aliphatic carbocycles. The smallest absolute Gasteiger partial charge is 0.330 e. The largest absolute Gasteiger partial charge is 0.464 e. The van der Waals surface area contributed by atoms with Crippen molar-refractivity contribution in [2.75, 3.05) is 19.0 Å². The normalized spacial score (nSPS) is 9.89. The summed E-state index contributed by atoms with van der Waals surface area (Å²) in [5, 5.41) is 2.81. The Morgan fingerprint density at radius 3 is 2.72 bits per heavy atom. The molecule has 0 atom stereocenters. The maximum Gasteiger partial charge on any atom is 0.330 e. The third kappa shape index (κ3) is 3.03. The highest BCUT2D eigenvalue weighted by atomic mass is 16.5. The van der Waals surface area contributed by atoms with E-state index < -0.39 is 0 Å². The molecule has 0 bridgehead atoms. The van der Waals surface area contributed by atoms with Crippen molar-refractivity contribution in [3.05, 3.63) is 24.5 Å². The van der Waals surface area contributed by atoms with E-state index in [-0.39, 0.29) is 12.0 Å². The Morgan fingerprint density at radius 1 is 1.22 bits per heavy atom. The molecule has 1 N–H and O–H groups in total. The molecule has 0 aliphatic heterocycles. The van der Waals surface area contributed by atoms with Crippen LogP contribution in [-0.2, 0) is 0 Å². The summed E-state index contributed by atoms with van der Waals surface area (Å²) in [6.45, 7) is 2.32. The van der Waals surface area contributed by atoms with Crippen molar-refractivity contribution in [1.82, 2.24) is 19.9 Å². The average molecular weight is 247 g/mol. The zero-order valence-electron chi connectivity index (χ0n) is 10.1. The highest BCUT2D eigenvalue weighted by molar-refractivity contribution is 5.28. The second-order valence-electron chi connectivity index (χ2n) is 3.20. The minimum absolute atomic E-state index is 0.158. The summed E-state index contributed by atoms with van der Waals surface area (Å²) in [6, 6.07) is 3.90. The fraction of sp³-hybridized carbons (Fsp3) is 0.273. The topological polar surface area (TPSA) is 82.0 Å². The molecule has 0 saturated carbocycles. The summed E-state index contributed by atoms with van der Waals surface area (Å²) in [4.78, 5) is 16.1. The van der Waals surface area contributed by atoms with Crippen molar-refractivity contribution in [3.63, 3.8) is 0 Å². The van der Waals surface area contributed by atoms with Crippen LogP contribution < -0.4 is 14.8 Å². The number of ether oxygens (including phenoxy) is 2. The summed E-state index contributed by atoms with van der Waals surface area (Å²) >= 11 is 0. The monoisotopic (exact) mass is 247 g/mol. The molecule has 2 rings (SSSR count). The zero-order valence-corrected chi connectivity index (χ0v) is 10.1. The second-order valence-corrected chi connectivity index (χ2v) is 3.20. The van der Waals surface area contributed by atoms with Gasteiger partial charge in [0, 0.05) is 13.2 Å². The van der Waals surface area contributed by atoms with Gasteiger partial charge in [-0.2, -0.15) is 9.97 Å². The predicted octanol–water partition coefficient (Wildman–Crippen LogP) is 1.50. The van der Waals surface area contributed by atoms with Crippen LogP contribution in [0, 0.1) is 0 Å². The maximum absolute atomic E-state index is 5.46. The van der Waals surface area contributed by atoms with Gasteiger partial charge >= 0.3 is 12.0 Å². The number of nitrogens with zero attached hydrogens (tertiary/aromatic N) is 4. The van der Waals surface area contributed by atoms with Crippen LogP contribution in [-0.4, -0.2) is 33.6 Å². The van der Waals surface area contributed by atoms with E-state index >= 15 is 0 Å². The molecule has 0 spiro atoms. The molecule has 2 aromatic heterocycles. The van der Waals surface area contributed by atoms with Gasteiger partial charge in [-0.1, -0.05) is 0 Å². The first-order valence-electron chi connectivity index (χ1n) is 5.46. The van der Waals surface area contributed by atoms with Gasteiger partial charge in [0.15, 0.2) is 0 Å². The van der Waals surface area contributed by atoms with E-state index in [4.69, 9.17) is 9.47 Å². The summed E-state index contributed by atoms with van der Waals surface area (Å²) in [7, 11) is 1.71. The molecule has 7 heteroatoms. The van der Waals surface area contributed by atoms with Gasteiger partial charge in [-0.3, -0.25) is 4.98 Å². The lowest BCUT2D eigenvalue weighted by molar-refractivity contribution is 0.304. The molecular weight excluding hydrogens is 234 g/mol.